The van der Waals surface area contributed by atoms with Gasteiger partial charge >= 0.3 is 5.97 Å². The predicted octanol–water partition coefficient (Wildman–Crippen LogP) is 3.13. The molecule has 218 valence electrons. The summed E-state index contributed by atoms with van der Waals surface area (Å²) in [7, 11) is 0. The molecule has 37 heavy (non-hydrogen) atoms. The van der Waals surface area contributed by atoms with E-state index < -0.39 is 42.3 Å². The van der Waals surface area contributed by atoms with Crippen LogP contribution in [0.5, 0.6) is 0 Å². The van der Waals surface area contributed by atoms with E-state index in [2.05, 4.69) is 17.6 Å². The van der Waals surface area contributed by atoms with Gasteiger partial charge in [-0.3, -0.25) is 9.59 Å². The number of carbonyl (C=O) groups excluding carboxylic acids is 1. The van der Waals surface area contributed by atoms with Gasteiger partial charge in [0.15, 0.2) is 0 Å². The topological polar surface area (TPSA) is 148 Å². The molecule has 1 rings (SSSR count). The lowest BCUT2D eigenvalue weighted by atomic mass is 9.80. The van der Waals surface area contributed by atoms with E-state index in [1.54, 1.807) is 0 Å². The second kappa shape index (κ2) is 19.8. The summed E-state index contributed by atoms with van der Waals surface area (Å²) in [5, 5.41) is 46.1. The first-order valence-electron chi connectivity index (χ1n) is 14.6. The molecule has 0 aromatic heterocycles. The highest BCUT2D eigenvalue weighted by Crippen LogP contribution is 2.28. The van der Waals surface area contributed by atoms with Gasteiger partial charge in [0.1, 0.15) is 18.2 Å². The van der Waals surface area contributed by atoms with Crippen molar-refractivity contribution in [2.45, 2.75) is 147 Å². The minimum absolute atomic E-state index is 0.0654. The van der Waals surface area contributed by atoms with Gasteiger partial charge in [0, 0.05) is 19.2 Å². The van der Waals surface area contributed by atoms with E-state index in [0.29, 0.717) is 32.4 Å². The largest absolute Gasteiger partial charge is 0.480 e. The van der Waals surface area contributed by atoms with Crippen molar-refractivity contribution in [2.75, 3.05) is 13.2 Å². The molecule has 6 N–H and O–H groups in total. The van der Waals surface area contributed by atoms with E-state index in [-0.39, 0.29) is 18.4 Å². The van der Waals surface area contributed by atoms with Gasteiger partial charge in [0.2, 0.25) is 5.91 Å². The zero-order chi connectivity index (χ0) is 27.6. The standard InChI is InChI=1S/C28H54N2O7/c1-4-5-6-7-8-9-10-11-12-15-18-37-23-19-21(24(31)26(33)25(23)32)27(34)29-17-14-13-16-22(28(35)36)30-20(2)3/h20-26,30-33H,4-19H2,1-3H3,(H,29,34)(H,35,36)/t21-,22-,23+,24+,25?,26-/m0/s1. The van der Waals surface area contributed by atoms with Crippen LogP contribution in [-0.4, -0.2) is 82.0 Å². The van der Waals surface area contributed by atoms with E-state index in [0.717, 1.165) is 19.3 Å². The summed E-state index contributed by atoms with van der Waals surface area (Å²) in [6.07, 6.45) is 9.15. The van der Waals surface area contributed by atoms with E-state index >= 15 is 0 Å². The van der Waals surface area contributed by atoms with Crippen molar-refractivity contribution >= 4 is 11.9 Å². The molecule has 0 radical (unpaired) electrons. The third-order valence-corrected chi connectivity index (χ3v) is 7.20. The van der Waals surface area contributed by atoms with Crippen LogP contribution in [0.2, 0.25) is 0 Å². The van der Waals surface area contributed by atoms with Crippen LogP contribution in [0, 0.1) is 5.92 Å². The maximum Gasteiger partial charge on any atom is 0.320 e. The van der Waals surface area contributed by atoms with Crippen molar-refractivity contribution in [3.05, 3.63) is 0 Å². The summed E-state index contributed by atoms with van der Waals surface area (Å²) in [5.74, 6) is -2.15. The summed E-state index contributed by atoms with van der Waals surface area (Å²) in [6.45, 7) is 6.81. The highest BCUT2D eigenvalue weighted by molar-refractivity contribution is 5.79. The summed E-state index contributed by atoms with van der Waals surface area (Å²) in [5.41, 5.74) is 0. The quantitative estimate of drug-likeness (QED) is 0.124. The molecule has 9 nitrogen and oxygen atoms in total. The van der Waals surface area contributed by atoms with E-state index in [9.17, 15) is 30.0 Å². The van der Waals surface area contributed by atoms with Crippen LogP contribution in [0.3, 0.4) is 0 Å². The number of nitrogens with one attached hydrogen (secondary N) is 2. The third kappa shape index (κ3) is 13.9. The minimum Gasteiger partial charge on any atom is -0.480 e. The lowest BCUT2D eigenvalue weighted by Gasteiger charge is -2.39. The first-order chi connectivity index (χ1) is 17.7. The highest BCUT2D eigenvalue weighted by Gasteiger charge is 2.46. The average Bonchev–Trinajstić information content (AvgIpc) is 2.85. The molecule has 0 aromatic carbocycles. The number of rotatable bonds is 21. The number of carbonyl (C=O) groups is 2. The van der Waals surface area contributed by atoms with Gasteiger partial charge in [-0.15, -0.1) is 0 Å². The third-order valence-electron chi connectivity index (χ3n) is 7.20. The molecule has 1 amide bonds. The summed E-state index contributed by atoms with van der Waals surface area (Å²) >= 11 is 0. The Morgan fingerprint density at radius 1 is 0.838 bits per heavy atom. The van der Waals surface area contributed by atoms with Crippen LogP contribution in [-0.2, 0) is 14.3 Å². The van der Waals surface area contributed by atoms with Crippen molar-refractivity contribution in [3.63, 3.8) is 0 Å². The Balaban J connectivity index is 2.30. The predicted molar refractivity (Wildman–Crippen MR) is 144 cm³/mol. The normalized spacial score (nSPS) is 24.8. The zero-order valence-corrected chi connectivity index (χ0v) is 23.4. The molecule has 0 saturated heterocycles. The van der Waals surface area contributed by atoms with Gasteiger partial charge in [-0.05, 0) is 32.1 Å². The van der Waals surface area contributed by atoms with Gasteiger partial charge < -0.3 is 35.8 Å². The number of unbranched alkanes of at least 4 members (excludes halogenated alkanes) is 10. The number of carboxylic acids is 1. The molecule has 1 aliphatic carbocycles. The van der Waals surface area contributed by atoms with Gasteiger partial charge in [-0.25, -0.2) is 0 Å². The zero-order valence-electron chi connectivity index (χ0n) is 23.4. The Morgan fingerprint density at radius 3 is 2.00 bits per heavy atom. The Bertz CT molecular complexity index is 619. The van der Waals surface area contributed by atoms with Crippen LogP contribution in [0.25, 0.3) is 0 Å². The number of aliphatic hydroxyl groups is 3. The number of hydrogen-bond acceptors (Lipinski definition) is 7. The smallest absolute Gasteiger partial charge is 0.320 e. The minimum atomic E-state index is -1.44. The van der Waals surface area contributed by atoms with E-state index in [4.69, 9.17) is 4.74 Å². The maximum atomic E-state index is 12.7. The molecule has 1 aliphatic rings. The highest BCUT2D eigenvalue weighted by atomic mass is 16.5. The summed E-state index contributed by atoms with van der Waals surface area (Å²) < 4.78 is 5.83. The van der Waals surface area contributed by atoms with Crippen LogP contribution in [0.1, 0.15) is 111 Å². The number of ether oxygens (including phenoxy) is 1. The molecule has 0 spiro atoms. The van der Waals surface area contributed by atoms with Gasteiger partial charge in [0.05, 0.1) is 18.1 Å². The first-order valence-corrected chi connectivity index (χ1v) is 14.6. The lowest BCUT2D eigenvalue weighted by Crippen LogP contribution is -2.57. The van der Waals surface area contributed by atoms with Crippen molar-refractivity contribution in [3.8, 4) is 0 Å². The van der Waals surface area contributed by atoms with E-state index in [1.807, 2.05) is 13.8 Å². The molecular weight excluding hydrogens is 476 g/mol. The Labute approximate surface area is 223 Å². The molecule has 1 unspecified atom stereocenters. The molecule has 0 bridgehead atoms. The number of aliphatic carboxylic acids is 1. The number of aliphatic hydroxyl groups excluding tert-OH is 3. The second-order valence-corrected chi connectivity index (χ2v) is 10.9. The lowest BCUT2D eigenvalue weighted by molar-refractivity contribution is -0.179. The molecular formula is C28H54N2O7. The monoisotopic (exact) mass is 530 g/mol. The van der Waals surface area contributed by atoms with Crippen LogP contribution in [0.15, 0.2) is 0 Å². The summed E-state index contributed by atoms with van der Waals surface area (Å²) in [4.78, 5) is 24.0. The van der Waals surface area contributed by atoms with Crippen molar-refractivity contribution in [1.82, 2.24) is 10.6 Å². The van der Waals surface area contributed by atoms with Gasteiger partial charge in [0.25, 0.3) is 0 Å². The summed E-state index contributed by atoms with van der Waals surface area (Å²) in [6, 6.07) is -0.559. The Hall–Kier alpha value is -1.26. The van der Waals surface area contributed by atoms with Gasteiger partial charge in [-0.2, -0.15) is 0 Å². The van der Waals surface area contributed by atoms with E-state index in [1.165, 1.54) is 44.9 Å². The first kappa shape index (κ1) is 33.8. The fourth-order valence-corrected chi connectivity index (χ4v) is 4.94. The van der Waals surface area contributed by atoms with Crippen LogP contribution >= 0.6 is 0 Å². The van der Waals surface area contributed by atoms with Crippen molar-refractivity contribution in [2.24, 2.45) is 5.92 Å². The molecule has 0 aromatic rings. The molecule has 1 fully saturated rings. The number of carboxylic acid groups (broad SMARTS) is 1. The SMILES string of the molecule is CCCCCCCCCCCCO[C@@H]1C[C@H](C(=O)NCCCC[C@H](NC(C)C)C(=O)O)[C@@H](O)[C@H](O)C1O. The average molecular weight is 531 g/mol. The molecule has 9 heteroatoms. The molecule has 0 aliphatic heterocycles. The van der Waals surface area contributed by atoms with Gasteiger partial charge in [-0.1, -0.05) is 78.6 Å². The van der Waals surface area contributed by atoms with Crippen molar-refractivity contribution < 1.29 is 34.8 Å². The fourth-order valence-electron chi connectivity index (χ4n) is 4.94. The molecule has 6 atom stereocenters. The Kier molecular flexibility index (Phi) is 18.0. The molecule has 0 heterocycles. The van der Waals surface area contributed by atoms with Crippen molar-refractivity contribution in [1.29, 1.82) is 0 Å². The second-order valence-electron chi connectivity index (χ2n) is 10.9. The molecule has 1 saturated carbocycles. The maximum absolute atomic E-state index is 12.7. The fraction of sp³-hybridized carbons (Fsp3) is 0.929. The number of hydrogen-bond donors (Lipinski definition) is 6. The Morgan fingerprint density at radius 2 is 1.43 bits per heavy atom. The van der Waals surface area contributed by atoms with Crippen LogP contribution in [0.4, 0.5) is 0 Å². The van der Waals surface area contributed by atoms with Crippen LogP contribution < -0.4 is 10.6 Å². The number of amides is 1.